The number of nitro benzene ring substituents is 1. The summed E-state index contributed by atoms with van der Waals surface area (Å²) in [7, 11) is 0. The number of amides is 1. The van der Waals surface area contributed by atoms with Crippen LogP contribution in [0.5, 0.6) is 0 Å². The fourth-order valence-electron chi connectivity index (χ4n) is 2.87. The number of anilines is 1. The van der Waals surface area contributed by atoms with Crippen molar-refractivity contribution >= 4 is 29.1 Å². The zero-order valence-corrected chi connectivity index (χ0v) is 13.8. The Morgan fingerprint density at radius 3 is 2.72 bits per heavy atom. The van der Waals surface area contributed by atoms with E-state index in [2.05, 4.69) is 10.5 Å². The van der Waals surface area contributed by atoms with Gasteiger partial charge in [0.25, 0.3) is 11.5 Å². The molecule has 10 heteroatoms. The van der Waals surface area contributed by atoms with Crippen molar-refractivity contribution < 1.29 is 19.2 Å². The van der Waals surface area contributed by atoms with Gasteiger partial charge < -0.3 is 4.74 Å². The molecule has 0 aromatic heterocycles. The number of hydrogen-bond donors (Lipinski definition) is 1. The number of amidine groups is 1. The van der Waals surface area contributed by atoms with Gasteiger partial charge in [0.1, 0.15) is 0 Å². The molecule has 1 amide bonds. The zero-order chi connectivity index (χ0) is 18.2. The lowest BCUT2D eigenvalue weighted by Gasteiger charge is -2.43. The summed E-state index contributed by atoms with van der Waals surface area (Å²) >= 11 is 0. The van der Waals surface area contributed by atoms with Crippen LogP contribution in [0, 0.1) is 10.1 Å². The van der Waals surface area contributed by atoms with Gasteiger partial charge >= 0.3 is 5.97 Å². The third kappa shape index (κ3) is 2.75. The number of hydrazine groups is 1. The average Bonchev–Trinajstić information content (AvgIpc) is 2.88. The normalized spacial score (nSPS) is 22.2. The third-order valence-corrected chi connectivity index (χ3v) is 4.17. The number of nitrogens with one attached hydrogen (secondary N) is 1. The lowest BCUT2D eigenvalue weighted by atomic mass is 10.0. The maximum absolute atomic E-state index is 12.2. The number of carbonyl (C=O) groups excluding carboxylic acids is 2. The maximum atomic E-state index is 12.2. The molecule has 0 aliphatic carbocycles. The van der Waals surface area contributed by atoms with E-state index in [-0.39, 0.29) is 30.5 Å². The second-order valence-electron chi connectivity index (χ2n) is 5.82. The van der Waals surface area contributed by atoms with E-state index in [1.165, 1.54) is 17.1 Å². The van der Waals surface area contributed by atoms with Crippen LogP contribution in [0.2, 0.25) is 0 Å². The van der Waals surface area contributed by atoms with Gasteiger partial charge in [-0.3, -0.25) is 20.3 Å². The van der Waals surface area contributed by atoms with Gasteiger partial charge in [-0.15, -0.1) is 5.10 Å². The molecule has 0 spiro atoms. The molecule has 1 N–H and O–H groups in total. The number of nitrogens with zero attached hydrogens (tertiary/aromatic N) is 4. The number of carbonyl (C=O) groups is 2. The van der Waals surface area contributed by atoms with Crippen molar-refractivity contribution in [3.63, 3.8) is 0 Å². The predicted molar refractivity (Wildman–Crippen MR) is 87.3 cm³/mol. The van der Waals surface area contributed by atoms with Gasteiger partial charge in [-0.1, -0.05) is 0 Å². The van der Waals surface area contributed by atoms with E-state index in [9.17, 15) is 19.7 Å². The first-order chi connectivity index (χ1) is 11.9. The SMILES string of the molecule is CCOC(=O)C1=NN(c2ccc([N+](=O)[O-])cc2)C2(C)CCC(=O)NN12. The Hall–Kier alpha value is -3.17. The molecule has 1 atom stereocenters. The molecule has 1 saturated heterocycles. The van der Waals surface area contributed by atoms with Gasteiger partial charge in [-0.2, -0.15) is 0 Å². The van der Waals surface area contributed by atoms with E-state index in [4.69, 9.17) is 4.74 Å². The van der Waals surface area contributed by atoms with Gasteiger partial charge in [0.15, 0.2) is 5.66 Å². The van der Waals surface area contributed by atoms with Crippen molar-refractivity contribution in [1.29, 1.82) is 0 Å². The highest BCUT2D eigenvalue weighted by Crippen LogP contribution is 2.38. The minimum Gasteiger partial charge on any atom is -0.460 e. The minimum absolute atomic E-state index is 0.0317. The van der Waals surface area contributed by atoms with Crippen molar-refractivity contribution in [3.05, 3.63) is 34.4 Å². The molecule has 132 valence electrons. The quantitative estimate of drug-likeness (QED) is 0.493. The number of non-ortho nitro benzene ring substituents is 1. The highest BCUT2D eigenvalue weighted by atomic mass is 16.6. The molecule has 10 nitrogen and oxygen atoms in total. The molecule has 2 heterocycles. The summed E-state index contributed by atoms with van der Waals surface area (Å²) in [6.45, 7) is 3.67. The van der Waals surface area contributed by atoms with Gasteiger partial charge in [0.2, 0.25) is 5.91 Å². The van der Waals surface area contributed by atoms with Gasteiger partial charge in [0, 0.05) is 25.0 Å². The maximum Gasteiger partial charge on any atom is 0.377 e. The summed E-state index contributed by atoms with van der Waals surface area (Å²) in [5, 5.41) is 18.1. The van der Waals surface area contributed by atoms with Crippen LogP contribution in [0.25, 0.3) is 0 Å². The average molecular weight is 347 g/mol. The van der Waals surface area contributed by atoms with E-state index in [1.54, 1.807) is 24.1 Å². The topological polar surface area (TPSA) is 117 Å². The van der Waals surface area contributed by atoms with Gasteiger partial charge in [-0.25, -0.2) is 14.8 Å². The number of hydrogen-bond acceptors (Lipinski definition) is 8. The van der Waals surface area contributed by atoms with Crippen LogP contribution in [0.1, 0.15) is 26.7 Å². The predicted octanol–water partition coefficient (Wildman–Crippen LogP) is 1.13. The highest BCUT2D eigenvalue weighted by Gasteiger charge is 2.51. The molecular formula is C15H17N5O5. The Morgan fingerprint density at radius 1 is 1.44 bits per heavy atom. The van der Waals surface area contributed by atoms with E-state index in [0.717, 1.165) is 0 Å². The zero-order valence-electron chi connectivity index (χ0n) is 13.8. The molecule has 2 aliphatic heterocycles. The van der Waals surface area contributed by atoms with Gasteiger partial charge in [-0.05, 0) is 26.0 Å². The van der Waals surface area contributed by atoms with E-state index < -0.39 is 16.6 Å². The standard InChI is InChI=1S/C15H17N5O5/c1-3-25-14(22)13-17-18(10-4-6-11(7-5-10)20(23)24)15(2)9-8-12(21)16-19(13)15/h4-7H,3,8-9H2,1-2H3,(H,16,21). The molecule has 3 rings (SSSR count). The molecule has 1 aromatic carbocycles. The molecule has 0 saturated carbocycles. The summed E-state index contributed by atoms with van der Waals surface area (Å²) in [5.41, 5.74) is 2.36. The number of esters is 1. The number of nitro groups is 1. The Balaban J connectivity index is 2.00. The highest BCUT2D eigenvalue weighted by molar-refractivity contribution is 6.36. The molecule has 0 bridgehead atoms. The van der Waals surface area contributed by atoms with Crippen molar-refractivity contribution in [1.82, 2.24) is 10.4 Å². The number of ether oxygens (including phenoxy) is 1. The molecule has 2 aliphatic rings. The van der Waals surface area contributed by atoms with Crippen LogP contribution in [0.4, 0.5) is 11.4 Å². The number of hydrazone groups is 1. The first-order valence-corrected chi connectivity index (χ1v) is 7.77. The first-order valence-electron chi connectivity index (χ1n) is 7.77. The van der Waals surface area contributed by atoms with Crippen LogP contribution in [-0.2, 0) is 14.3 Å². The van der Waals surface area contributed by atoms with E-state index in [1.807, 2.05) is 6.92 Å². The number of benzene rings is 1. The number of fused-ring (bicyclic) bond motifs is 1. The number of rotatable bonds is 4. The van der Waals surface area contributed by atoms with Crippen LogP contribution in [0.3, 0.4) is 0 Å². The lowest BCUT2D eigenvalue weighted by Crippen LogP contribution is -2.64. The van der Waals surface area contributed by atoms with Gasteiger partial charge in [0.05, 0.1) is 17.2 Å². The van der Waals surface area contributed by atoms with Crippen LogP contribution < -0.4 is 10.4 Å². The van der Waals surface area contributed by atoms with E-state index >= 15 is 0 Å². The summed E-state index contributed by atoms with van der Waals surface area (Å²) in [6.07, 6.45) is 0.685. The fraction of sp³-hybridized carbons (Fsp3) is 0.400. The largest absolute Gasteiger partial charge is 0.460 e. The Morgan fingerprint density at radius 2 is 2.12 bits per heavy atom. The second kappa shape index (κ2) is 6.04. The summed E-state index contributed by atoms with van der Waals surface area (Å²) in [4.78, 5) is 34.3. The lowest BCUT2D eigenvalue weighted by molar-refractivity contribution is -0.384. The van der Waals surface area contributed by atoms with Crippen LogP contribution in [0.15, 0.2) is 29.4 Å². The van der Waals surface area contributed by atoms with E-state index in [0.29, 0.717) is 12.1 Å². The van der Waals surface area contributed by atoms with Crippen LogP contribution >= 0.6 is 0 Å². The smallest absolute Gasteiger partial charge is 0.377 e. The molecule has 1 aromatic rings. The fourth-order valence-corrected chi connectivity index (χ4v) is 2.87. The summed E-state index contributed by atoms with van der Waals surface area (Å²) < 4.78 is 5.01. The van der Waals surface area contributed by atoms with Crippen LogP contribution in [-0.4, -0.2) is 39.9 Å². The summed E-state index contributed by atoms with van der Waals surface area (Å²) in [5.74, 6) is -0.906. The third-order valence-electron chi connectivity index (χ3n) is 4.17. The Labute approximate surface area is 143 Å². The molecule has 1 unspecified atom stereocenters. The Kier molecular flexibility index (Phi) is 4.03. The van der Waals surface area contributed by atoms with Crippen molar-refractivity contribution in [2.24, 2.45) is 5.10 Å². The first kappa shape index (κ1) is 16.7. The molecule has 1 fully saturated rings. The van der Waals surface area contributed by atoms with Crippen molar-refractivity contribution in [2.45, 2.75) is 32.4 Å². The minimum atomic E-state index is -0.813. The van der Waals surface area contributed by atoms with Crippen molar-refractivity contribution in [3.8, 4) is 0 Å². The monoisotopic (exact) mass is 347 g/mol. The molecular weight excluding hydrogens is 330 g/mol. The molecule has 25 heavy (non-hydrogen) atoms. The summed E-state index contributed by atoms with van der Waals surface area (Å²) in [6, 6.07) is 5.83. The van der Waals surface area contributed by atoms with Crippen molar-refractivity contribution in [2.75, 3.05) is 11.6 Å². The molecule has 0 radical (unpaired) electrons. The second-order valence-corrected chi connectivity index (χ2v) is 5.82. The Bertz CT molecular complexity index is 762.